The average molecular weight is 427 g/mol. The lowest BCUT2D eigenvalue weighted by Gasteiger charge is -2.08. The first-order chi connectivity index (χ1) is 11.1. The molecular formula is C15H22Cl3N5OS. The first-order valence-electron chi connectivity index (χ1n) is 7.41. The fraction of sp³-hybridized carbons (Fsp3) is 0.400. The Morgan fingerprint density at radius 3 is 2.64 bits per heavy atom. The summed E-state index contributed by atoms with van der Waals surface area (Å²) < 4.78 is 1.88. The molecule has 1 amide bonds. The zero-order chi connectivity index (χ0) is 16.7. The molecule has 0 saturated carbocycles. The average Bonchev–Trinajstić information content (AvgIpc) is 2.94. The van der Waals surface area contributed by atoms with Gasteiger partial charge in [0.1, 0.15) is 5.03 Å². The van der Waals surface area contributed by atoms with Gasteiger partial charge in [-0.25, -0.2) is 9.97 Å². The summed E-state index contributed by atoms with van der Waals surface area (Å²) in [5.41, 5.74) is 0.453. The van der Waals surface area contributed by atoms with E-state index in [1.54, 1.807) is 12.3 Å². The van der Waals surface area contributed by atoms with Crippen LogP contribution in [0.2, 0.25) is 5.02 Å². The third-order valence-corrected chi connectivity index (χ3v) is 4.54. The van der Waals surface area contributed by atoms with Gasteiger partial charge in [0.25, 0.3) is 5.91 Å². The largest absolute Gasteiger partial charge is 0.351 e. The Balaban J connectivity index is 0.00000288. The zero-order valence-corrected chi connectivity index (χ0v) is 17.2. The monoisotopic (exact) mass is 425 g/mol. The minimum Gasteiger partial charge on any atom is -0.351 e. The SMILES string of the molecule is CCCNCCNC(=O)c1cnc(Sc2nccn2C)c(Cl)c1.Cl.Cl. The van der Waals surface area contributed by atoms with E-state index in [0.717, 1.165) is 24.7 Å². The standard InChI is InChI=1S/C15H20ClN5OS.2ClH/c1-3-4-17-5-6-18-13(22)11-9-12(16)14(20-10-11)23-15-19-7-8-21(15)2;;/h7-10,17H,3-6H2,1-2H3,(H,18,22);2*1H. The number of hydrogen-bond donors (Lipinski definition) is 2. The van der Waals surface area contributed by atoms with Crippen LogP contribution in [0.5, 0.6) is 0 Å². The number of rotatable bonds is 8. The summed E-state index contributed by atoms with van der Waals surface area (Å²) in [6.45, 7) is 4.36. The van der Waals surface area contributed by atoms with Gasteiger partial charge in [0.05, 0.1) is 10.6 Å². The highest BCUT2D eigenvalue weighted by molar-refractivity contribution is 7.99. The highest BCUT2D eigenvalue weighted by atomic mass is 35.5. The van der Waals surface area contributed by atoms with Gasteiger partial charge in [-0.15, -0.1) is 24.8 Å². The molecule has 140 valence electrons. The molecule has 0 radical (unpaired) electrons. The Morgan fingerprint density at radius 1 is 1.28 bits per heavy atom. The number of carbonyl (C=O) groups is 1. The highest BCUT2D eigenvalue weighted by Gasteiger charge is 2.12. The molecule has 0 saturated heterocycles. The van der Waals surface area contributed by atoms with Crippen molar-refractivity contribution in [3.63, 3.8) is 0 Å². The van der Waals surface area contributed by atoms with E-state index in [-0.39, 0.29) is 30.7 Å². The summed E-state index contributed by atoms with van der Waals surface area (Å²) in [4.78, 5) is 20.5. The minimum atomic E-state index is -0.175. The van der Waals surface area contributed by atoms with Crippen LogP contribution in [0.3, 0.4) is 0 Å². The number of hydrogen-bond acceptors (Lipinski definition) is 5. The first-order valence-corrected chi connectivity index (χ1v) is 8.61. The second kappa shape index (κ2) is 12.4. The van der Waals surface area contributed by atoms with Crippen LogP contribution in [0.1, 0.15) is 23.7 Å². The van der Waals surface area contributed by atoms with E-state index in [1.165, 1.54) is 18.0 Å². The number of imidazole rings is 1. The van der Waals surface area contributed by atoms with Crippen LogP contribution in [0, 0.1) is 0 Å². The van der Waals surface area contributed by atoms with Crippen molar-refractivity contribution in [3.05, 3.63) is 35.2 Å². The smallest absolute Gasteiger partial charge is 0.252 e. The number of aryl methyl sites for hydroxylation is 1. The normalized spacial score (nSPS) is 9.88. The molecule has 0 spiro atoms. The van der Waals surface area contributed by atoms with Crippen LogP contribution in [-0.2, 0) is 7.05 Å². The van der Waals surface area contributed by atoms with Crippen LogP contribution >= 0.6 is 48.2 Å². The van der Waals surface area contributed by atoms with Gasteiger partial charge in [-0.1, -0.05) is 18.5 Å². The van der Waals surface area contributed by atoms with Crippen molar-refractivity contribution >= 4 is 54.1 Å². The van der Waals surface area contributed by atoms with Gasteiger partial charge in [0.15, 0.2) is 5.16 Å². The lowest BCUT2D eigenvalue weighted by molar-refractivity contribution is 0.0953. The molecular weight excluding hydrogens is 405 g/mol. The van der Waals surface area contributed by atoms with E-state index in [4.69, 9.17) is 11.6 Å². The van der Waals surface area contributed by atoms with Crippen LogP contribution < -0.4 is 10.6 Å². The van der Waals surface area contributed by atoms with Crippen molar-refractivity contribution < 1.29 is 4.79 Å². The molecule has 0 aliphatic rings. The molecule has 6 nitrogen and oxygen atoms in total. The minimum absolute atomic E-state index is 0. The lowest BCUT2D eigenvalue weighted by Crippen LogP contribution is -2.32. The highest BCUT2D eigenvalue weighted by Crippen LogP contribution is 2.30. The molecule has 0 aliphatic carbocycles. The fourth-order valence-electron chi connectivity index (χ4n) is 1.83. The number of amides is 1. The topological polar surface area (TPSA) is 71.8 Å². The molecule has 0 aromatic carbocycles. The Hall–Kier alpha value is -0.990. The predicted octanol–water partition coefficient (Wildman–Crippen LogP) is 3.19. The number of carbonyl (C=O) groups excluding carboxylic acids is 1. The number of nitrogens with one attached hydrogen (secondary N) is 2. The predicted molar refractivity (Wildman–Crippen MR) is 107 cm³/mol. The van der Waals surface area contributed by atoms with Crippen molar-refractivity contribution in [2.45, 2.75) is 23.5 Å². The van der Waals surface area contributed by atoms with Gasteiger partial charge in [-0.05, 0) is 30.8 Å². The second-order valence-corrected chi connectivity index (χ2v) is 6.30. The third-order valence-electron chi connectivity index (χ3n) is 3.05. The fourth-order valence-corrected chi connectivity index (χ4v) is 2.86. The second-order valence-electron chi connectivity index (χ2n) is 4.94. The van der Waals surface area contributed by atoms with Gasteiger partial charge in [0, 0.05) is 38.7 Å². The maximum absolute atomic E-state index is 12.1. The summed E-state index contributed by atoms with van der Waals surface area (Å²) in [5, 5.41) is 7.92. The van der Waals surface area contributed by atoms with E-state index in [1.807, 2.05) is 17.8 Å². The van der Waals surface area contributed by atoms with E-state index in [2.05, 4.69) is 27.5 Å². The van der Waals surface area contributed by atoms with Gasteiger partial charge in [-0.3, -0.25) is 4.79 Å². The summed E-state index contributed by atoms with van der Waals surface area (Å²) >= 11 is 7.59. The van der Waals surface area contributed by atoms with Crippen LogP contribution in [-0.4, -0.2) is 40.1 Å². The zero-order valence-electron chi connectivity index (χ0n) is 14.0. The summed E-state index contributed by atoms with van der Waals surface area (Å²) in [6.07, 6.45) is 6.17. The first kappa shape index (κ1) is 24.0. The van der Waals surface area contributed by atoms with Crippen LogP contribution in [0.25, 0.3) is 0 Å². The van der Waals surface area contributed by atoms with Gasteiger partial charge in [-0.2, -0.15) is 0 Å². The molecule has 10 heteroatoms. The van der Waals surface area contributed by atoms with Crippen LogP contribution in [0.4, 0.5) is 0 Å². The van der Waals surface area contributed by atoms with Crippen LogP contribution in [0.15, 0.2) is 34.8 Å². The summed E-state index contributed by atoms with van der Waals surface area (Å²) in [6, 6.07) is 1.63. The summed E-state index contributed by atoms with van der Waals surface area (Å²) in [5.74, 6) is -0.175. The molecule has 2 aromatic heterocycles. The van der Waals surface area contributed by atoms with E-state index < -0.39 is 0 Å². The van der Waals surface area contributed by atoms with E-state index in [9.17, 15) is 4.79 Å². The molecule has 25 heavy (non-hydrogen) atoms. The van der Waals surface area contributed by atoms with Gasteiger partial charge < -0.3 is 15.2 Å². The van der Waals surface area contributed by atoms with Crippen molar-refractivity contribution in [3.8, 4) is 0 Å². The van der Waals surface area contributed by atoms with Crippen molar-refractivity contribution in [2.75, 3.05) is 19.6 Å². The molecule has 2 rings (SSSR count). The molecule has 2 N–H and O–H groups in total. The number of nitrogens with zero attached hydrogens (tertiary/aromatic N) is 3. The molecule has 0 aliphatic heterocycles. The molecule has 2 aromatic rings. The Morgan fingerprint density at radius 2 is 2.04 bits per heavy atom. The quantitative estimate of drug-likeness (QED) is 0.634. The number of halogens is 3. The van der Waals surface area contributed by atoms with Crippen molar-refractivity contribution in [2.24, 2.45) is 7.05 Å². The maximum atomic E-state index is 12.1. The summed E-state index contributed by atoms with van der Waals surface area (Å²) in [7, 11) is 1.90. The lowest BCUT2D eigenvalue weighted by atomic mass is 10.2. The molecule has 0 atom stereocenters. The third kappa shape index (κ3) is 7.42. The Kier molecular flexibility index (Phi) is 11.9. The molecule has 0 unspecified atom stereocenters. The van der Waals surface area contributed by atoms with Gasteiger partial charge >= 0.3 is 0 Å². The van der Waals surface area contributed by atoms with Crippen molar-refractivity contribution in [1.82, 2.24) is 25.2 Å². The maximum Gasteiger partial charge on any atom is 0.252 e. The Labute approximate surface area is 169 Å². The number of pyridine rings is 1. The van der Waals surface area contributed by atoms with Crippen molar-refractivity contribution in [1.29, 1.82) is 0 Å². The number of aromatic nitrogens is 3. The molecule has 0 bridgehead atoms. The molecule has 0 fully saturated rings. The van der Waals surface area contributed by atoms with E-state index in [0.29, 0.717) is 22.2 Å². The molecule has 2 heterocycles. The Bertz CT molecular complexity index is 668. The van der Waals surface area contributed by atoms with E-state index >= 15 is 0 Å². The van der Waals surface area contributed by atoms with Gasteiger partial charge in [0.2, 0.25) is 0 Å².